The lowest BCUT2D eigenvalue weighted by Crippen LogP contribution is -2.18. The van der Waals surface area contributed by atoms with Crippen molar-refractivity contribution in [1.29, 1.82) is 0 Å². The highest BCUT2D eigenvalue weighted by atomic mass is 35.5. The van der Waals surface area contributed by atoms with E-state index in [0.717, 1.165) is 6.07 Å². The largest absolute Gasteiger partial charge is 0.366 e. The quantitative estimate of drug-likeness (QED) is 0.909. The maximum absolute atomic E-state index is 14.0. The summed E-state index contributed by atoms with van der Waals surface area (Å²) < 4.78 is 14.0. The van der Waals surface area contributed by atoms with Gasteiger partial charge in [0, 0.05) is 27.3 Å². The highest BCUT2D eigenvalue weighted by Crippen LogP contribution is 2.31. The molecule has 4 N–H and O–H groups in total. The molecule has 0 heterocycles. The third-order valence-electron chi connectivity index (χ3n) is 2.80. The van der Waals surface area contributed by atoms with E-state index in [1.54, 1.807) is 0 Å². The molecule has 102 valence electrons. The summed E-state index contributed by atoms with van der Waals surface area (Å²) in [5.41, 5.74) is 10.7. The van der Waals surface area contributed by atoms with Crippen LogP contribution in [0.25, 0.3) is 11.1 Å². The first-order chi connectivity index (χ1) is 9.41. The Kier molecular flexibility index (Phi) is 3.72. The van der Waals surface area contributed by atoms with Gasteiger partial charge in [0.25, 0.3) is 0 Å². The summed E-state index contributed by atoms with van der Waals surface area (Å²) in [5, 5.41) is 0.198. The molecular formula is C14H10ClFN2O2. The molecule has 0 unspecified atom stereocenters. The Bertz CT molecular complexity index is 684. The number of carbonyl (C=O) groups excluding carboxylic acids is 2. The molecule has 0 spiro atoms. The molecule has 2 aromatic rings. The molecule has 0 aliphatic rings. The summed E-state index contributed by atoms with van der Waals surface area (Å²) in [4.78, 5) is 22.9. The van der Waals surface area contributed by atoms with Crippen LogP contribution in [0.1, 0.15) is 20.7 Å². The molecule has 20 heavy (non-hydrogen) atoms. The first kappa shape index (κ1) is 14.0. The summed E-state index contributed by atoms with van der Waals surface area (Å²) >= 11 is 5.69. The van der Waals surface area contributed by atoms with Crippen LogP contribution in [0.5, 0.6) is 0 Å². The third kappa shape index (κ3) is 2.48. The van der Waals surface area contributed by atoms with Gasteiger partial charge in [-0.15, -0.1) is 0 Å². The van der Waals surface area contributed by atoms with Crippen molar-refractivity contribution < 1.29 is 14.0 Å². The van der Waals surface area contributed by atoms with Crippen LogP contribution in [0.4, 0.5) is 4.39 Å². The summed E-state index contributed by atoms with van der Waals surface area (Å²) in [6.07, 6.45) is 0. The number of hydrogen-bond donors (Lipinski definition) is 2. The van der Waals surface area contributed by atoms with E-state index in [0.29, 0.717) is 0 Å². The van der Waals surface area contributed by atoms with Crippen LogP contribution in [0.3, 0.4) is 0 Å². The second-order valence-corrected chi connectivity index (χ2v) is 4.52. The molecule has 0 fully saturated rings. The van der Waals surface area contributed by atoms with Gasteiger partial charge in [0.15, 0.2) is 0 Å². The molecule has 0 radical (unpaired) electrons. The average molecular weight is 293 g/mol. The molecule has 4 nitrogen and oxygen atoms in total. The van der Waals surface area contributed by atoms with E-state index in [2.05, 4.69) is 0 Å². The predicted molar refractivity (Wildman–Crippen MR) is 73.9 cm³/mol. The minimum Gasteiger partial charge on any atom is -0.366 e. The highest BCUT2D eigenvalue weighted by Gasteiger charge is 2.20. The smallest absolute Gasteiger partial charge is 0.249 e. The number of rotatable bonds is 3. The van der Waals surface area contributed by atoms with Crippen molar-refractivity contribution in [1.82, 2.24) is 0 Å². The van der Waals surface area contributed by atoms with Crippen LogP contribution in [0.2, 0.25) is 5.02 Å². The van der Waals surface area contributed by atoms with Crippen LogP contribution < -0.4 is 11.5 Å². The Balaban J connectivity index is 2.83. The zero-order valence-electron chi connectivity index (χ0n) is 10.2. The van der Waals surface area contributed by atoms with Crippen molar-refractivity contribution >= 4 is 23.4 Å². The second-order valence-electron chi connectivity index (χ2n) is 4.08. The molecule has 0 bridgehead atoms. The lowest BCUT2D eigenvalue weighted by molar-refractivity contribution is 0.0999. The number of amides is 2. The second kappa shape index (κ2) is 5.30. The Morgan fingerprint density at radius 3 is 2.00 bits per heavy atom. The van der Waals surface area contributed by atoms with Crippen molar-refractivity contribution in [3.63, 3.8) is 0 Å². The third-order valence-corrected chi connectivity index (χ3v) is 3.03. The summed E-state index contributed by atoms with van der Waals surface area (Å²) in [5.74, 6) is -2.23. The van der Waals surface area contributed by atoms with E-state index in [4.69, 9.17) is 23.1 Å². The van der Waals surface area contributed by atoms with Crippen LogP contribution >= 0.6 is 11.6 Å². The Morgan fingerprint density at radius 2 is 1.55 bits per heavy atom. The Hall–Kier alpha value is -2.40. The molecular weight excluding hydrogens is 283 g/mol. The van der Waals surface area contributed by atoms with Crippen LogP contribution in [0, 0.1) is 5.82 Å². The van der Waals surface area contributed by atoms with Gasteiger partial charge in [-0.25, -0.2) is 4.39 Å². The number of benzene rings is 2. The van der Waals surface area contributed by atoms with Gasteiger partial charge in [0.05, 0.1) is 0 Å². The number of hydrogen-bond acceptors (Lipinski definition) is 2. The molecule has 0 saturated heterocycles. The normalized spacial score (nSPS) is 10.3. The molecule has 2 rings (SSSR count). The molecule has 0 saturated carbocycles. The molecule has 0 aromatic heterocycles. The summed E-state index contributed by atoms with van der Waals surface area (Å²) in [7, 11) is 0. The Morgan fingerprint density at radius 1 is 1.00 bits per heavy atom. The van der Waals surface area contributed by atoms with Crippen LogP contribution in [-0.4, -0.2) is 11.8 Å². The molecule has 2 amide bonds. The molecule has 0 aliphatic carbocycles. The van der Waals surface area contributed by atoms with Crippen LogP contribution in [-0.2, 0) is 0 Å². The predicted octanol–water partition coefficient (Wildman–Crippen LogP) is 2.34. The van der Waals surface area contributed by atoms with Gasteiger partial charge in [-0.3, -0.25) is 9.59 Å². The summed E-state index contributed by atoms with van der Waals surface area (Å²) in [6.45, 7) is 0. The van der Waals surface area contributed by atoms with Crippen molar-refractivity contribution in [2.75, 3.05) is 0 Å². The van der Waals surface area contributed by atoms with Gasteiger partial charge >= 0.3 is 0 Å². The first-order valence-electron chi connectivity index (χ1n) is 5.60. The van der Waals surface area contributed by atoms with Gasteiger partial charge in [-0.1, -0.05) is 17.7 Å². The van der Waals surface area contributed by atoms with E-state index in [1.807, 2.05) is 0 Å². The standard InChI is InChI=1S/C14H10ClFN2O2/c15-7-4-5-8(11(16)6-7)12-9(13(17)19)2-1-3-10(12)14(18)20/h1-6H,(H2,17,19)(H2,18,20). The fraction of sp³-hybridized carbons (Fsp3) is 0. The van der Waals surface area contributed by atoms with E-state index >= 15 is 0 Å². The van der Waals surface area contributed by atoms with Gasteiger partial charge in [-0.2, -0.15) is 0 Å². The van der Waals surface area contributed by atoms with E-state index < -0.39 is 17.6 Å². The fourth-order valence-electron chi connectivity index (χ4n) is 1.95. The zero-order valence-corrected chi connectivity index (χ0v) is 10.9. The number of halogens is 2. The highest BCUT2D eigenvalue weighted by molar-refractivity contribution is 6.30. The van der Waals surface area contributed by atoms with Crippen molar-refractivity contribution in [3.8, 4) is 11.1 Å². The maximum atomic E-state index is 14.0. The van der Waals surface area contributed by atoms with Crippen molar-refractivity contribution in [2.24, 2.45) is 11.5 Å². The minimum absolute atomic E-state index is 0.0162. The topological polar surface area (TPSA) is 86.2 Å². The van der Waals surface area contributed by atoms with Gasteiger partial charge < -0.3 is 11.5 Å². The summed E-state index contributed by atoms with van der Waals surface area (Å²) in [6, 6.07) is 8.15. The molecule has 2 aromatic carbocycles. The minimum atomic E-state index is -0.780. The average Bonchev–Trinajstić information content (AvgIpc) is 2.37. The zero-order chi connectivity index (χ0) is 14.9. The Labute approximate surface area is 119 Å². The lowest BCUT2D eigenvalue weighted by atomic mass is 9.93. The number of carbonyl (C=O) groups is 2. The van der Waals surface area contributed by atoms with E-state index in [9.17, 15) is 14.0 Å². The fourth-order valence-corrected chi connectivity index (χ4v) is 2.10. The van der Waals surface area contributed by atoms with Crippen molar-refractivity contribution in [3.05, 3.63) is 58.4 Å². The molecule has 0 atom stereocenters. The van der Waals surface area contributed by atoms with Gasteiger partial charge in [0.2, 0.25) is 11.8 Å². The SMILES string of the molecule is NC(=O)c1cccc(C(N)=O)c1-c1ccc(Cl)cc1F. The molecule has 0 aliphatic heterocycles. The molecule has 6 heteroatoms. The van der Waals surface area contributed by atoms with Crippen LogP contribution in [0.15, 0.2) is 36.4 Å². The van der Waals surface area contributed by atoms with E-state index in [1.165, 1.54) is 30.3 Å². The van der Waals surface area contributed by atoms with E-state index in [-0.39, 0.29) is 27.3 Å². The lowest BCUT2D eigenvalue weighted by Gasteiger charge is -2.12. The first-order valence-corrected chi connectivity index (χ1v) is 5.97. The maximum Gasteiger partial charge on any atom is 0.249 e. The van der Waals surface area contributed by atoms with Gasteiger partial charge in [-0.05, 0) is 30.3 Å². The number of primary amides is 2. The number of nitrogens with two attached hydrogens (primary N) is 2. The monoisotopic (exact) mass is 292 g/mol. The van der Waals surface area contributed by atoms with Gasteiger partial charge in [0.1, 0.15) is 5.82 Å². The van der Waals surface area contributed by atoms with Crippen molar-refractivity contribution in [2.45, 2.75) is 0 Å².